The van der Waals surface area contributed by atoms with Crippen molar-refractivity contribution in [2.75, 3.05) is 39.9 Å². The highest BCUT2D eigenvalue weighted by molar-refractivity contribution is 8.26. The summed E-state index contributed by atoms with van der Waals surface area (Å²) in [6.45, 7) is 5.58. The molecule has 0 aromatic heterocycles. The van der Waals surface area contributed by atoms with E-state index in [2.05, 4.69) is 0 Å². The van der Waals surface area contributed by atoms with Crippen LogP contribution in [0, 0.1) is 5.82 Å². The van der Waals surface area contributed by atoms with Crippen LogP contribution in [0.4, 0.5) is 10.1 Å². The Bertz CT molecular complexity index is 1840. The van der Waals surface area contributed by atoms with Gasteiger partial charge in [-0.15, -0.1) is 0 Å². The topological polar surface area (TPSA) is 135 Å². The van der Waals surface area contributed by atoms with Gasteiger partial charge in [0.15, 0.2) is 0 Å². The van der Waals surface area contributed by atoms with Crippen molar-refractivity contribution >= 4 is 76.3 Å². The van der Waals surface area contributed by atoms with Crippen LogP contribution in [0.3, 0.4) is 0 Å². The van der Waals surface area contributed by atoms with Crippen LogP contribution in [-0.2, 0) is 49.3 Å². The van der Waals surface area contributed by atoms with E-state index in [1.807, 2.05) is 0 Å². The predicted molar refractivity (Wildman–Crippen MR) is 184 cm³/mol. The first-order valence-electron chi connectivity index (χ1n) is 14.8. The fraction of sp³-hybridized carbons (Fsp3) is 0.324. The summed E-state index contributed by atoms with van der Waals surface area (Å²) in [6, 6.07) is 10.7. The van der Waals surface area contributed by atoms with Crippen molar-refractivity contribution in [1.29, 1.82) is 0 Å². The van der Waals surface area contributed by atoms with Gasteiger partial charge in [-0.25, -0.2) is 23.6 Å². The molecule has 0 atom stereocenters. The Balaban J connectivity index is 1.87. The number of nitrogens with zero attached hydrogens (tertiary/aromatic N) is 1. The standard InChI is InChI=1S/C34H32FNO10S3/c1-8-46-20-11-9-10-19-22-28(33(2,3)36(24(19)20)21(37)16-17-12-14-18(35)15-13-17)47-25(30(39)43-5)23(29(38)42-4)34(22)48-26(31(40)44-6)27(49-34)32(41)45-7/h9-15H,8,16H2,1-7H3. The van der Waals surface area contributed by atoms with Gasteiger partial charge in [-0.2, -0.15) is 0 Å². The fourth-order valence-electron chi connectivity index (χ4n) is 5.88. The van der Waals surface area contributed by atoms with Gasteiger partial charge in [0.1, 0.15) is 30.4 Å². The zero-order valence-electron chi connectivity index (χ0n) is 27.6. The van der Waals surface area contributed by atoms with Gasteiger partial charge in [-0.3, -0.25) is 9.69 Å². The van der Waals surface area contributed by atoms with Gasteiger partial charge >= 0.3 is 23.9 Å². The molecule has 2 aromatic carbocycles. The lowest BCUT2D eigenvalue weighted by molar-refractivity contribution is -0.138. The molecule has 3 aliphatic heterocycles. The molecule has 3 heterocycles. The molecule has 1 spiro atoms. The van der Waals surface area contributed by atoms with E-state index >= 15 is 0 Å². The van der Waals surface area contributed by atoms with Crippen LogP contribution >= 0.6 is 35.3 Å². The van der Waals surface area contributed by atoms with Crippen molar-refractivity contribution in [2.24, 2.45) is 0 Å². The van der Waals surface area contributed by atoms with E-state index in [1.54, 1.807) is 43.9 Å². The van der Waals surface area contributed by atoms with E-state index in [-0.39, 0.29) is 39.2 Å². The molecule has 3 aliphatic rings. The van der Waals surface area contributed by atoms with E-state index in [0.29, 0.717) is 33.0 Å². The van der Waals surface area contributed by atoms with Crippen LogP contribution in [0.5, 0.6) is 5.75 Å². The van der Waals surface area contributed by atoms with Crippen LogP contribution in [0.15, 0.2) is 67.7 Å². The highest BCUT2D eigenvalue weighted by Crippen LogP contribution is 2.71. The zero-order chi connectivity index (χ0) is 35.8. The van der Waals surface area contributed by atoms with Crippen molar-refractivity contribution in [3.8, 4) is 5.75 Å². The number of hydrogen-bond acceptors (Lipinski definition) is 13. The number of carbonyl (C=O) groups excluding carboxylic acids is 5. The number of amides is 1. The van der Waals surface area contributed by atoms with Crippen molar-refractivity contribution in [3.05, 3.63) is 84.6 Å². The monoisotopic (exact) mass is 729 g/mol. The summed E-state index contributed by atoms with van der Waals surface area (Å²) in [7, 11) is 4.60. The third kappa shape index (κ3) is 6.01. The normalized spacial score (nSPS) is 17.3. The molecule has 0 radical (unpaired) electrons. The molecular formula is C34H32FNO10S3. The first-order chi connectivity index (χ1) is 23.3. The second-order valence-corrected chi connectivity index (χ2v) is 14.9. The summed E-state index contributed by atoms with van der Waals surface area (Å²) in [5, 5.41) is 0. The minimum Gasteiger partial charge on any atom is -0.492 e. The van der Waals surface area contributed by atoms with E-state index in [1.165, 1.54) is 24.3 Å². The molecule has 0 N–H and O–H groups in total. The van der Waals surface area contributed by atoms with Gasteiger partial charge in [-0.05, 0) is 44.5 Å². The summed E-state index contributed by atoms with van der Waals surface area (Å²) in [5.41, 5.74) is 0.332. The molecule has 15 heteroatoms. The number of halogens is 1. The van der Waals surface area contributed by atoms with Crippen LogP contribution < -0.4 is 9.64 Å². The van der Waals surface area contributed by atoms with Crippen LogP contribution in [-0.4, -0.2) is 74.4 Å². The van der Waals surface area contributed by atoms with Gasteiger partial charge in [0.05, 0.1) is 58.3 Å². The van der Waals surface area contributed by atoms with Gasteiger partial charge in [0, 0.05) is 16.0 Å². The number of rotatable bonds is 8. The summed E-state index contributed by atoms with van der Waals surface area (Å²) >= 11 is 2.60. The molecular weight excluding hydrogens is 698 g/mol. The lowest BCUT2D eigenvalue weighted by Gasteiger charge is -2.51. The maximum absolute atomic E-state index is 14.5. The number of benzene rings is 2. The molecule has 0 saturated carbocycles. The molecule has 1 amide bonds. The fourth-order valence-corrected chi connectivity index (χ4v) is 10.9. The summed E-state index contributed by atoms with van der Waals surface area (Å²) in [6.07, 6.45) is -0.112. The quantitative estimate of drug-likeness (QED) is 0.254. The maximum atomic E-state index is 14.5. The molecule has 0 unspecified atom stereocenters. The number of hydrogen-bond donors (Lipinski definition) is 0. The van der Waals surface area contributed by atoms with Gasteiger partial charge in [0.25, 0.3) is 0 Å². The lowest BCUT2D eigenvalue weighted by Crippen LogP contribution is -2.54. The molecule has 0 fully saturated rings. The summed E-state index contributed by atoms with van der Waals surface area (Å²) in [5.74, 6) is -4.00. The molecule has 0 aliphatic carbocycles. The predicted octanol–water partition coefficient (Wildman–Crippen LogP) is 5.38. The van der Waals surface area contributed by atoms with Gasteiger partial charge < -0.3 is 23.7 Å². The zero-order valence-corrected chi connectivity index (χ0v) is 30.0. The van der Waals surface area contributed by atoms with Crippen LogP contribution in [0.1, 0.15) is 31.9 Å². The molecule has 49 heavy (non-hydrogen) atoms. The highest BCUT2D eigenvalue weighted by Gasteiger charge is 2.62. The number of methoxy groups -OCH3 is 4. The molecule has 11 nitrogen and oxygen atoms in total. The molecule has 2 aromatic rings. The maximum Gasteiger partial charge on any atom is 0.345 e. The third-order valence-corrected chi connectivity index (χ3v) is 12.6. The summed E-state index contributed by atoms with van der Waals surface area (Å²) in [4.78, 5) is 69.9. The minimum absolute atomic E-state index is 0.112. The molecule has 0 bridgehead atoms. The lowest BCUT2D eigenvalue weighted by atomic mass is 9.83. The van der Waals surface area contributed by atoms with Gasteiger partial charge in [-0.1, -0.05) is 59.6 Å². The smallest absolute Gasteiger partial charge is 0.345 e. The average Bonchev–Trinajstić information content (AvgIpc) is 3.48. The Labute approximate surface area is 294 Å². The molecule has 5 rings (SSSR count). The van der Waals surface area contributed by atoms with Crippen molar-refractivity contribution in [3.63, 3.8) is 0 Å². The number of para-hydroxylation sites is 1. The van der Waals surface area contributed by atoms with E-state index in [9.17, 15) is 28.4 Å². The molecule has 258 valence electrons. The van der Waals surface area contributed by atoms with Crippen molar-refractivity contribution in [1.82, 2.24) is 0 Å². The Morgan fingerprint density at radius 1 is 0.776 bits per heavy atom. The average molecular weight is 730 g/mol. The number of ether oxygens (including phenoxy) is 5. The number of anilines is 1. The van der Waals surface area contributed by atoms with Crippen LogP contribution in [0.25, 0.3) is 5.57 Å². The highest BCUT2D eigenvalue weighted by atomic mass is 32.2. The van der Waals surface area contributed by atoms with E-state index < -0.39 is 39.3 Å². The van der Waals surface area contributed by atoms with Crippen molar-refractivity contribution < 1.29 is 52.0 Å². The first kappa shape index (κ1) is 36.1. The van der Waals surface area contributed by atoms with E-state index in [0.717, 1.165) is 63.7 Å². The van der Waals surface area contributed by atoms with Crippen molar-refractivity contribution in [2.45, 2.75) is 36.8 Å². The Morgan fingerprint density at radius 2 is 1.33 bits per heavy atom. The van der Waals surface area contributed by atoms with E-state index in [4.69, 9.17) is 23.7 Å². The number of fused-ring (bicyclic) bond motifs is 3. The number of carbonyl (C=O) groups is 5. The number of esters is 4. The largest absolute Gasteiger partial charge is 0.492 e. The Morgan fingerprint density at radius 3 is 1.86 bits per heavy atom. The minimum atomic E-state index is -1.73. The molecule has 0 saturated heterocycles. The summed E-state index contributed by atoms with van der Waals surface area (Å²) < 4.78 is 38.6. The second kappa shape index (κ2) is 14.0. The van der Waals surface area contributed by atoms with Gasteiger partial charge in [0.2, 0.25) is 5.91 Å². The third-order valence-electron chi connectivity index (χ3n) is 7.94. The van der Waals surface area contributed by atoms with Crippen LogP contribution in [0.2, 0.25) is 0 Å². The second-order valence-electron chi connectivity index (χ2n) is 11.1. The SMILES string of the molecule is CCOc1cccc2c1N(C(=O)Cc1ccc(F)cc1)C(C)(C)C1=C2C2(SC(C(=O)OC)=C(C(=O)OC)S2)C(C(=O)OC)=C(C(=O)OC)S1. The number of thioether (sulfide) groups is 3. The first-order valence-corrected chi connectivity index (χ1v) is 17.2. The Hall–Kier alpha value is -4.21. The Kier molecular flexibility index (Phi) is 10.3.